The van der Waals surface area contributed by atoms with Gasteiger partial charge in [-0.05, 0) is 45.1 Å². The first-order valence-corrected chi connectivity index (χ1v) is 6.84. The monoisotopic (exact) mass is 242 g/mol. The van der Waals surface area contributed by atoms with Gasteiger partial charge in [0.15, 0.2) is 0 Å². The fourth-order valence-electron chi connectivity index (χ4n) is 1.87. The van der Waals surface area contributed by atoms with E-state index in [-0.39, 0.29) is 0 Å². The molecule has 0 bridgehead atoms. The highest BCUT2D eigenvalue weighted by molar-refractivity contribution is 6.20. The van der Waals surface area contributed by atoms with E-state index in [4.69, 9.17) is 11.6 Å². The summed E-state index contributed by atoms with van der Waals surface area (Å²) in [5, 5.41) is 4.89. The molecule has 0 aliphatic heterocycles. The highest BCUT2D eigenvalue weighted by Gasteiger charge is 2.07. The van der Waals surface area contributed by atoms with Crippen LogP contribution in [-0.4, -0.2) is 15.2 Å². The Morgan fingerprint density at radius 2 is 2.12 bits per heavy atom. The molecule has 0 saturated carbocycles. The maximum Gasteiger partial charge on any atom is 0.0624 e. The molecule has 92 valence electrons. The van der Waals surface area contributed by atoms with Crippen molar-refractivity contribution in [2.24, 2.45) is 0 Å². The average Bonchev–Trinajstić information content (AvgIpc) is 2.71. The van der Waals surface area contributed by atoms with Crippen molar-refractivity contribution in [3.8, 4) is 0 Å². The smallest absolute Gasteiger partial charge is 0.0624 e. The Labute approximate surface area is 104 Å². The molecule has 1 unspecified atom stereocenters. The molecule has 0 saturated heterocycles. The van der Waals surface area contributed by atoms with Gasteiger partial charge in [-0.25, -0.2) is 0 Å². The molecule has 1 heterocycles. The van der Waals surface area contributed by atoms with Crippen LogP contribution in [0.5, 0.6) is 0 Å². The summed E-state index contributed by atoms with van der Waals surface area (Å²) < 4.78 is 2.12. The Hall–Kier alpha value is -0.500. The number of aromatic nitrogens is 2. The first kappa shape index (κ1) is 13.6. The molecule has 2 nitrogen and oxygen atoms in total. The van der Waals surface area contributed by atoms with Crippen molar-refractivity contribution in [2.45, 2.75) is 64.8 Å². The fourth-order valence-corrected chi connectivity index (χ4v) is 2.03. The van der Waals surface area contributed by atoms with Crippen LogP contribution in [0.1, 0.15) is 51.4 Å². The van der Waals surface area contributed by atoms with Crippen molar-refractivity contribution in [3.63, 3.8) is 0 Å². The zero-order valence-corrected chi connectivity index (χ0v) is 11.4. The lowest BCUT2D eigenvalue weighted by atomic mass is 10.1. The second-order valence-corrected chi connectivity index (χ2v) is 4.81. The van der Waals surface area contributed by atoms with Crippen molar-refractivity contribution in [1.82, 2.24) is 9.78 Å². The van der Waals surface area contributed by atoms with Crippen LogP contribution in [0.25, 0.3) is 0 Å². The van der Waals surface area contributed by atoms with Crippen molar-refractivity contribution in [1.29, 1.82) is 0 Å². The van der Waals surface area contributed by atoms with E-state index in [1.54, 1.807) is 0 Å². The van der Waals surface area contributed by atoms with E-state index in [0.717, 1.165) is 38.6 Å². The van der Waals surface area contributed by atoms with Gasteiger partial charge in [-0.2, -0.15) is 5.10 Å². The quantitative estimate of drug-likeness (QED) is 0.665. The van der Waals surface area contributed by atoms with Crippen LogP contribution in [-0.2, 0) is 19.4 Å². The second-order valence-electron chi connectivity index (χ2n) is 4.19. The topological polar surface area (TPSA) is 17.8 Å². The molecular formula is C13H23ClN2. The Morgan fingerprint density at radius 1 is 1.38 bits per heavy atom. The van der Waals surface area contributed by atoms with E-state index in [1.165, 1.54) is 11.4 Å². The Morgan fingerprint density at radius 3 is 2.69 bits per heavy atom. The first-order chi connectivity index (χ1) is 7.71. The Bertz CT molecular complexity index is 307. The zero-order valence-electron chi connectivity index (χ0n) is 10.7. The van der Waals surface area contributed by atoms with Gasteiger partial charge in [0.2, 0.25) is 0 Å². The second kappa shape index (κ2) is 6.95. The van der Waals surface area contributed by atoms with Gasteiger partial charge in [0.05, 0.1) is 5.69 Å². The molecule has 0 N–H and O–H groups in total. The van der Waals surface area contributed by atoms with Gasteiger partial charge in [0.1, 0.15) is 0 Å². The first-order valence-electron chi connectivity index (χ1n) is 6.40. The summed E-state index contributed by atoms with van der Waals surface area (Å²) in [6, 6.07) is 2.23. The number of hydrogen-bond acceptors (Lipinski definition) is 1. The molecule has 1 atom stereocenters. The van der Waals surface area contributed by atoms with Gasteiger partial charge in [0, 0.05) is 17.6 Å². The van der Waals surface area contributed by atoms with Crippen LogP contribution in [0.4, 0.5) is 0 Å². The molecule has 16 heavy (non-hydrogen) atoms. The highest BCUT2D eigenvalue weighted by atomic mass is 35.5. The minimum absolute atomic E-state index is 0.337. The molecule has 0 aliphatic carbocycles. The van der Waals surface area contributed by atoms with Gasteiger partial charge in [-0.1, -0.05) is 13.8 Å². The molecular weight excluding hydrogens is 220 g/mol. The molecule has 0 amide bonds. The third kappa shape index (κ3) is 3.82. The van der Waals surface area contributed by atoms with E-state index in [9.17, 15) is 0 Å². The van der Waals surface area contributed by atoms with Gasteiger partial charge in [-0.3, -0.25) is 4.68 Å². The maximum atomic E-state index is 6.12. The van der Waals surface area contributed by atoms with Crippen LogP contribution in [0.15, 0.2) is 6.07 Å². The van der Waals surface area contributed by atoms with E-state index in [2.05, 4.69) is 36.6 Å². The predicted molar refractivity (Wildman–Crippen MR) is 70.1 cm³/mol. The van der Waals surface area contributed by atoms with E-state index < -0.39 is 0 Å². The van der Waals surface area contributed by atoms with Crippen LogP contribution in [0.2, 0.25) is 0 Å². The third-order valence-electron chi connectivity index (χ3n) is 2.97. The number of aryl methyl sites for hydroxylation is 3. The average molecular weight is 243 g/mol. The van der Waals surface area contributed by atoms with Crippen molar-refractivity contribution in [2.75, 3.05) is 0 Å². The van der Waals surface area contributed by atoms with E-state index >= 15 is 0 Å². The molecule has 1 aromatic heterocycles. The molecule has 0 aromatic carbocycles. The van der Waals surface area contributed by atoms with E-state index in [0.29, 0.717) is 5.38 Å². The summed E-state index contributed by atoms with van der Waals surface area (Å²) in [5.41, 5.74) is 2.56. The molecule has 0 spiro atoms. The fraction of sp³-hybridized carbons (Fsp3) is 0.769. The van der Waals surface area contributed by atoms with Gasteiger partial charge in [0.25, 0.3) is 0 Å². The molecule has 3 heteroatoms. The third-order valence-corrected chi connectivity index (χ3v) is 3.50. The number of rotatable bonds is 7. The van der Waals surface area contributed by atoms with Crippen LogP contribution >= 0.6 is 11.6 Å². The summed E-state index contributed by atoms with van der Waals surface area (Å²) in [6.45, 7) is 7.40. The van der Waals surface area contributed by atoms with Crippen molar-refractivity contribution < 1.29 is 0 Å². The lowest BCUT2D eigenvalue weighted by Gasteiger charge is -2.07. The van der Waals surface area contributed by atoms with Gasteiger partial charge < -0.3 is 0 Å². The number of nitrogens with zero attached hydrogens (tertiary/aromatic N) is 2. The minimum Gasteiger partial charge on any atom is -0.270 e. The Balaban J connectivity index is 2.49. The molecule has 1 aromatic rings. The maximum absolute atomic E-state index is 6.12. The standard InChI is InChI=1S/C13H23ClN2/c1-4-11(14)8-7-9-13-10-12(5-2)15-16(13)6-3/h10-11H,4-9H2,1-3H3. The number of alkyl halides is 1. The number of hydrogen-bond donors (Lipinski definition) is 0. The van der Waals surface area contributed by atoms with Crippen LogP contribution in [0, 0.1) is 0 Å². The lowest BCUT2D eigenvalue weighted by Crippen LogP contribution is -2.04. The normalized spacial score (nSPS) is 13.0. The summed E-state index contributed by atoms with van der Waals surface area (Å²) >= 11 is 6.12. The lowest BCUT2D eigenvalue weighted by molar-refractivity contribution is 0.588. The summed E-state index contributed by atoms with van der Waals surface area (Å²) in [7, 11) is 0. The van der Waals surface area contributed by atoms with Crippen LogP contribution in [0.3, 0.4) is 0 Å². The van der Waals surface area contributed by atoms with Crippen molar-refractivity contribution >= 4 is 11.6 Å². The molecule has 0 fully saturated rings. The SMILES string of the molecule is CCc1cc(CCCC(Cl)CC)n(CC)n1. The highest BCUT2D eigenvalue weighted by Crippen LogP contribution is 2.14. The van der Waals surface area contributed by atoms with Gasteiger partial charge in [-0.15, -0.1) is 11.6 Å². The van der Waals surface area contributed by atoms with Crippen LogP contribution < -0.4 is 0 Å². The summed E-state index contributed by atoms with van der Waals surface area (Å²) in [4.78, 5) is 0. The van der Waals surface area contributed by atoms with Gasteiger partial charge >= 0.3 is 0 Å². The molecule has 0 radical (unpaired) electrons. The molecule has 1 rings (SSSR count). The minimum atomic E-state index is 0.337. The zero-order chi connectivity index (χ0) is 12.0. The largest absolute Gasteiger partial charge is 0.270 e. The summed E-state index contributed by atoms with van der Waals surface area (Å²) in [5.74, 6) is 0. The predicted octanol–water partition coefficient (Wildman–Crippen LogP) is 3.81. The molecule has 0 aliphatic rings. The summed E-state index contributed by atoms with van der Waals surface area (Å²) in [6.07, 6.45) is 5.46. The van der Waals surface area contributed by atoms with E-state index in [1.807, 2.05) is 0 Å². The number of halogens is 1. The Kier molecular flexibility index (Phi) is 5.89. The van der Waals surface area contributed by atoms with Crippen molar-refractivity contribution in [3.05, 3.63) is 17.5 Å².